The van der Waals surface area contributed by atoms with Crippen molar-refractivity contribution in [3.63, 3.8) is 0 Å². The molecule has 0 radical (unpaired) electrons. The zero-order valence-electron chi connectivity index (χ0n) is 11.3. The molecule has 2 aliphatic rings. The maximum atomic E-state index is 12.4. The molecule has 1 aliphatic heterocycles. The van der Waals surface area contributed by atoms with E-state index in [0.29, 0.717) is 25.8 Å². The zero-order chi connectivity index (χ0) is 13.9. The van der Waals surface area contributed by atoms with E-state index in [9.17, 15) is 8.78 Å². The molecule has 1 atom stereocenters. The van der Waals surface area contributed by atoms with Gasteiger partial charge in [-0.15, -0.1) is 0 Å². The third-order valence-corrected chi connectivity index (χ3v) is 4.20. The third-order valence-electron chi connectivity index (χ3n) is 4.20. The summed E-state index contributed by atoms with van der Waals surface area (Å²) < 4.78 is 35.3. The lowest BCUT2D eigenvalue weighted by molar-refractivity contribution is -0.0282. The summed E-state index contributed by atoms with van der Waals surface area (Å²) >= 11 is 0. The fourth-order valence-corrected chi connectivity index (χ4v) is 2.82. The first-order chi connectivity index (χ1) is 9.72. The minimum absolute atomic E-state index is 0.265. The van der Waals surface area contributed by atoms with E-state index < -0.39 is 12.2 Å². The Labute approximate surface area is 116 Å². The van der Waals surface area contributed by atoms with Crippen molar-refractivity contribution < 1.29 is 18.0 Å². The average molecular weight is 287 g/mol. The molecule has 1 saturated carbocycles. The van der Waals surface area contributed by atoms with E-state index in [1.807, 2.05) is 0 Å². The zero-order valence-corrected chi connectivity index (χ0v) is 11.3. The van der Waals surface area contributed by atoms with Crippen molar-refractivity contribution in [3.8, 4) is 0 Å². The molecule has 0 spiro atoms. The molecular formula is C13H19F2N3O2. The monoisotopic (exact) mass is 287 g/mol. The predicted octanol–water partition coefficient (Wildman–Crippen LogP) is 2.40. The van der Waals surface area contributed by atoms with Crippen LogP contribution in [0.25, 0.3) is 0 Å². The van der Waals surface area contributed by atoms with Gasteiger partial charge in [0.15, 0.2) is 0 Å². The molecule has 2 fully saturated rings. The van der Waals surface area contributed by atoms with Crippen LogP contribution in [0.4, 0.5) is 8.78 Å². The number of morpholine rings is 1. The lowest BCUT2D eigenvalue weighted by Crippen LogP contribution is -2.46. The molecule has 1 unspecified atom stereocenters. The largest absolute Gasteiger partial charge is 0.378 e. The van der Waals surface area contributed by atoms with Crippen LogP contribution in [-0.4, -0.2) is 40.8 Å². The van der Waals surface area contributed by atoms with Crippen molar-refractivity contribution in [2.45, 2.75) is 44.7 Å². The molecule has 3 rings (SSSR count). The fraction of sp³-hybridized carbons (Fsp3) is 0.846. The highest BCUT2D eigenvalue weighted by Crippen LogP contribution is 2.32. The van der Waals surface area contributed by atoms with Crippen molar-refractivity contribution in [1.29, 1.82) is 0 Å². The van der Waals surface area contributed by atoms with Gasteiger partial charge in [0, 0.05) is 12.6 Å². The van der Waals surface area contributed by atoms with Gasteiger partial charge >= 0.3 is 6.43 Å². The van der Waals surface area contributed by atoms with Gasteiger partial charge < -0.3 is 9.26 Å². The quantitative estimate of drug-likeness (QED) is 0.832. The standard InChI is InChI=1S/C13H19F2N3O2/c14-12(15)13-16-11(20-17-13)7-18-4-5-19-8-10(18)6-9-2-1-3-9/h9-10,12H,1-8H2. The number of nitrogens with zero attached hydrogens (tertiary/aromatic N) is 3. The van der Waals surface area contributed by atoms with Gasteiger partial charge in [0.25, 0.3) is 0 Å². The summed E-state index contributed by atoms with van der Waals surface area (Å²) in [6, 6.07) is 0.330. The minimum Gasteiger partial charge on any atom is -0.378 e. The number of ether oxygens (including phenoxy) is 1. The molecule has 20 heavy (non-hydrogen) atoms. The predicted molar refractivity (Wildman–Crippen MR) is 66.2 cm³/mol. The van der Waals surface area contributed by atoms with E-state index in [1.54, 1.807) is 0 Å². The van der Waals surface area contributed by atoms with Crippen LogP contribution in [0, 0.1) is 5.92 Å². The van der Waals surface area contributed by atoms with Crippen molar-refractivity contribution in [3.05, 3.63) is 11.7 Å². The molecule has 1 aromatic rings. The maximum absolute atomic E-state index is 12.4. The summed E-state index contributed by atoms with van der Waals surface area (Å²) in [5.41, 5.74) is 0. The Kier molecular flexibility index (Phi) is 4.26. The molecule has 0 amide bonds. The van der Waals surface area contributed by atoms with Crippen LogP contribution in [0.15, 0.2) is 4.52 Å². The van der Waals surface area contributed by atoms with E-state index in [2.05, 4.69) is 15.0 Å². The van der Waals surface area contributed by atoms with E-state index in [4.69, 9.17) is 9.26 Å². The number of alkyl halides is 2. The van der Waals surface area contributed by atoms with Crippen LogP contribution in [0.3, 0.4) is 0 Å². The summed E-state index contributed by atoms with van der Waals surface area (Å²) in [6.45, 7) is 2.58. The van der Waals surface area contributed by atoms with Crippen LogP contribution in [-0.2, 0) is 11.3 Å². The summed E-state index contributed by atoms with van der Waals surface area (Å²) in [4.78, 5) is 5.95. The highest BCUT2D eigenvalue weighted by molar-refractivity contribution is 4.90. The molecule has 0 aromatic carbocycles. The molecule has 0 N–H and O–H groups in total. The van der Waals surface area contributed by atoms with Crippen LogP contribution in [0.1, 0.15) is 43.8 Å². The molecule has 1 aliphatic carbocycles. The molecular weight excluding hydrogens is 268 g/mol. The Hall–Kier alpha value is -1.08. The molecule has 7 heteroatoms. The Morgan fingerprint density at radius 2 is 2.20 bits per heavy atom. The first-order valence-electron chi connectivity index (χ1n) is 7.15. The molecule has 5 nitrogen and oxygen atoms in total. The first-order valence-corrected chi connectivity index (χ1v) is 7.15. The smallest absolute Gasteiger partial charge is 0.300 e. The van der Waals surface area contributed by atoms with E-state index in [1.165, 1.54) is 19.3 Å². The lowest BCUT2D eigenvalue weighted by Gasteiger charge is -2.38. The van der Waals surface area contributed by atoms with Gasteiger partial charge in [-0.1, -0.05) is 24.4 Å². The molecule has 1 aromatic heterocycles. The van der Waals surface area contributed by atoms with E-state index in [-0.39, 0.29) is 5.89 Å². The van der Waals surface area contributed by atoms with E-state index in [0.717, 1.165) is 18.9 Å². The van der Waals surface area contributed by atoms with Crippen molar-refractivity contribution in [2.24, 2.45) is 5.92 Å². The Balaban J connectivity index is 1.60. The van der Waals surface area contributed by atoms with Gasteiger partial charge in [-0.2, -0.15) is 4.98 Å². The highest BCUT2D eigenvalue weighted by atomic mass is 19.3. The molecule has 2 heterocycles. The van der Waals surface area contributed by atoms with Crippen LogP contribution in [0.2, 0.25) is 0 Å². The maximum Gasteiger partial charge on any atom is 0.300 e. The number of rotatable bonds is 5. The Morgan fingerprint density at radius 3 is 2.85 bits per heavy atom. The van der Waals surface area contributed by atoms with Gasteiger partial charge in [-0.05, 0) is 12.3 Å². The number of halogens is 2. The topological polar surface area (TPSA) is 51.4 Å². The SMILES string of the molecule is FC(F)c1noc(CN2CCOCC2CC2CCC2)n1. The fourth-order valence-electron chi connectivity index (χ4n) is 2.82. The van der Waals surface area contributed by atoms with Crippen molar-refractivity contribution in [1.82, 2.24) is 15.0 Å². The molecule has 112 valence electrons. The minimum atomic E-state index is -2.68. The summed E-state index contributed by atoms with van der Waals surface area (Å²) in [7, 11) is 0. The van der Waals surface area contributed by atoms with Crippen LogP contribution >= 0.6 is 0 Å². The first kappa shape index (κ1) is 13.9. The lowest BCUT2D eigenvalue weighted by atomic mass is 9.80. The average Bonchev–Trinajstić information content (AvgIpc) is 2.84. The van der Waals surface area contributed by atoms with Gasteiger partial charge in [0.2, 0.25) is 11.7 Å². The van der Waals surface area contributed by atoms with Gasteiger partial charge in [0.1, 0.15) is 0 Å². The normalized spacial score (nSPS) is 25.1. The summed E-state index contributed by atoms with van der Waals surface area (Å²) in [6.07, 6.45) is 2.33. The molecule has 1 saturated heterocycles. The second-order valence-electron chi connectivity index (χ2n) is 5.58. The highest BCUT2D eigenvalue weighted by Gasteiger charge is 2.30. The summed E-state index contributed by atoms with van der Waals surface area (Å²) in [5.74, 6) is 0.521. The molecule has 0 bridgehead atoms. The van der Waals surface area contributed by atoms with Crippen molar-refractivity contribution >= 4 is 0 Å². The summed E-state index contributed by atoms with van der Waals surface area (Å²) in [5, 5.41) is 3.30. The van der Waals surface area contributed by atoms with Crippen LogP contribution in [0.5, 0.6) is 0 Å². The third kappa shape index (κ3) is 3.15. The number of hydrogen-bond acceptors (Lipinski definition) is 5. The van der Waals surface area contributed by atoms with Gasteiger partial charge in [-0.25, -0.2) is 8.78 Å². The van der Waals surface area contributed by atoms with E-state index >= 15 is 0 Å². The van der Waals surface area contributed by atoms with Crippen molar-refractivity contribution in [2.75, 3.05) is 19.8 Å². The van der Waals surface area contributed by atoms with Gasteiger partial charge in [0.05, 0.1) is 19.8 Å². The Morgan fingerprint density at radius 1 is 1.35 bits per heavy atom. The second kappa shape index (κ2) is 6.13. The van der Waals surface area contributed by atoms with Gasteiger partial charge in [-0.3, -0.25) is 4.90 Å². The second-order valence-corrected chi connectivity index (χ2v) is 5.58. The number of hydrogen-bond donors (Lipinski definition) is 0. The van der Waals surface area contributed by atoms with Crippen LogP contribution < -0.4 is 0 Å². The number of aromatic nitrogens is 2. The Bertz CT molecular complexity index is 437.